The molecule has 1 saturated heterocycles. The molecule has 0 aliphatic carbocycles. The summed E-state index contributed by atoms with van der Waals surface area (Å²) in [7, 11) is 1.48. The van der Waals surface area contributed by atoms with E-state index < -0.39 is 59.0 Å². The largest absolute Gasteiger partial charge is 0.444 e. The molecule has 0 spiro atoms. The minimum absolute atomic E-state index is 0.000255. The van der Waals surface area contributed by atoms with Gasteiger partial charge in [0.1, 0.15) is 35.2 Å². The minimum Gasteiger partial charge on any atom is -0.444 e. The number of benzene rings is 2. The number of nitrogens with zero attached hydrogens (tertiary/aromatic N) is 4. The van der Waals surface area contributed by atoms with Gasteiger partial charge in [0, 0.05) is 44.4 Å². The number of β-amino-alcohol motifs (C(OH)–C–C–N with tert-alkyl or cyclic N) is 1. The average Bonchev–Trinajstić information content (AvgIpc) is 3.56. The number of hydrogen-bond acceptors (Lipinski definition) is 7. The highest BCUT2D eigenvalue weighted by Gasteiger charge is 2.46. The monoisotopic (exact) mass is 642 g/mol. The number of amides is 2. The van der Waals surface area contributed by atoms with E-state index in [4.69, 9.17) is 14.5 Å². The molecule has 1 aromatic heterocycles. The zero-order chi connectivity index (χ0) is 34.0. The van der Waals surface area contributed by atoms with Crippen molar-refractivity contribution in [2.24, 2.45) is 5.92 Å². The molecule has 1 aliphatic rings. The van der Waals surface area contributed by atoms with E-state index in [9.17, 15) is 24.2 Å². The van der Waals surface area contributed by atoms with Crippen molar-refractivity contribution in [2.75, 3.05) is 26.7 Å². The lowest BCUT2D eigenvalue weighted by molar-refractivity contribution is -0.152. The molecule has 2 aromatic carbocycles. The Morgan fingerprint density at radius 2 is 1.76 bits per heavy atom. The lowest BCUT2D eigenvalue weighted by Crippen LogP contribution is -2.52. The van der Waals surface area contributed by atoms with Gasteiger partial charge in [-0.25, -0.2) is 18.6 Å². The predicted molar refractivity (Wildman–Crippen MR) is 168 cm³/mol. The van der Waals surface area contributed by atoms with Crippen LogP contribution in [0.1, 0.15) is 59.0 Å². The number of rotatable bonds is 10. The van der Waals surface area contributed by atoms with Crippen LogP contribution < -0.4 is 0 Å². The molecule has 250 valence electrons. The molecule has 1 aliphatic heterocycles. The average molecular weight is 643 g/mol. The second-order valence-electron chi connectivity index (χ2n) is 13.3. The third kappa shape index (κ3) is 8.09. The van der Waals surface area contributed by atoms with E-state index in [1.165, 1.54) is 23.8 Å². The number of likely N-dealkylation sites (tertiary alicyclic amines) is 1. The van der Waals surface area contributed by atoms with Crippen molar-refractivity contribution in [1.82, 2.24) is 19.4 Å². The Morgan fingerprint density at radius 1 is 1.09 bits per heavy atom. The maximum absolute atomic E-state index is 15.0. The fourth-order valence-corrected chi connectivity index (χ4v) is 5.64. The van der Waals surface area contributed by atoms with Gasteiger partial charge in [0.15, 0.2) is 0 Å². The number of hydrogen-bond donors (Lipinski definition) is 2. The highest BCUT2D eigenvalue weighted by Crippen LogP contribution is 2.38. The SMILES string of the molecule is COC(C)(C)[C@H](c1nc(-c2cc(F)ccc2F)cn1Cc1ccccc1)N(CC1CN(C(=O)OC(C)(C)C)CC1O)C(=O)[C@H](C)O. The molecule has 3 aromatic rings. The van der Waals surface area contributed by atoms with Gasteiger partial charge in [0.25, 0.3) is 5.91 Å². The van der Waals surface area contributed by atoms with E-state index >= 15 is 4.39 Å². The van der Waals surface area contributed by atoms with Crippen molar-refractivity contribution in [1.29, 1.82) is 0 Å². The zero-order valence-electron chi connectivity index (χ0n) is 27.4. The second kappa shape index (κ2) is 13.9. The second-order valence-corrected chi connectivity index (χ2v) is 13.3. The smallest absolute Gasteiger partial charge is 0.410 e. The van der Waals surface area contributed by atoms with Crippen LogP contribution in [0, 0.1) is 17.6 Å². The number of carbonyl (C=O) groups excluding carboxylic acids is 2. The Morgan fingerprint density at radius 3 is 2.37 bits per heavy atom. The van der Waals surface area contributed by atoms with E-state index in [0.717, 1.165) is 23.8 Å². The molecule has 0 saturated carbocycles. The van der Waals surface area contributed by atoms with Crippen LogP contribution >= 0.6 is 0 Å². The molecule has 0 bridgehead atoms. The Kier molecular flexibility index (Phi) is 10.5. The Bertz CT molecular complexity index is 1520. The van der Waals surface area contributed by atoms with Crippen LogP contribution in [-0.4, -0.2) is 91.7 Å². The first-order valence-electron chi connectivity index (χ1n) is 15.3. The maximum Gasteiger partial charge on any atom is 0.410 e. The number of methoxy groups -OCH3 is 1. The molecule has 46 heavy (non-hydrogen) atoms. The summed E-state index contributed by atoms with van der Waals surface area (Å²) in [4.78, 5) is 34.3. The normalized spacial score (nSPS) is 18.4. The summed E-state index contributed by atoms with van der Waals surface area (Å²) in [5, 5.41) is 21.7. The van der Waals surface area contributed by atoms with Crippen LogP contribution in [0.4, 0.5) is 13.6 Å². The summed E-state index contributed by atoms with van der Waals surface area (Å²) in [6.45, 7) is 10.4. The summed E-state index contributed by atoms with van der Waals surface area (Å²) in [5.74, 6) is -2.29. The molecule has 1 fully saturated rings. The van der Waals surface area contributed by atoms with E-state index in [-0.39, 0.29) is 37.4 Å². The molecule has 2 heterocycles. The number of ether oxygens (including phenoxy) is 2. The van der Waals surface area contributed by atoms with Crippen LogP contribution in [0.5, 0.6) is 0 Å². The maximum atomic E-state index is 15.0. The summed E-state index contributed by atoms with van der Waals surface area (Å²) < 4.78 is 42.5. The number of carbonyl (C=O) groups is 2. The fraction of sp³-hybridized carbons (Fsp3) is 0.500. The van der Waals surface area contributed by atoms with Gasteiger partial charge in [-0.15, -0.1) is 0 Å². The lowest BCUT2D eigenvalue weighted by Gasteiger charge is -2.42. The minimum atomic E-state index is -1.44. The summed E-state index contributed by atoms with van der Waals surface area (Å²) in [5.41, 5.74) is -0.919. The zero-order valence-corrected chi connectivity index (χ0v) is 27.4. The Balaban J connectivity index is 1.83. The van der Waals surface area contributed by atoms with Crippen LogP contribution in [-0.2, 0) is 20.8 Å². The van der Waals surface area contributed by atoms with Gasteiger partial charge >= 0.3 is 6.09 Å². The first-order valence-corrected chi connectivity index (χ1v) is 15.3. The fourth-order valence-electron chi connectivity index (χ4n) is 5.64. The summed E-state index contributed by atoms with van der Waals surface area (Å²) >= 11 is 0. The number of aliphatic hydroxyl groups is 2. The van der Waals surface area contributed by atoms with E-state index in [1.807, 2.05) is 30.3 Å². The third-order valence-corrected chi connectivity index (χ3v) is 8.08. The molecule has 4 atom stereocenters. The van der Waals surface area contributed by atoms with E-state index in [2.05, 4.69) is 0 Å². The van der Waals surface area contributed by atoms with Crippen molar-refractivity contribution in [3.63, 3.8) is 0 Å². The van der Waals surface area contributed by atoms with Crippen molar-refractivity contribution < 1.29 is 38.1 Å². The van der Waals surface area contributed by atoms with Gasteiger partial charge in [-0.1, -0.05) is 30.3 Å². The van der Waals surface area contributed by atoms with Crippen molar-refractivity contribution >= 4 is 12.0 Å². The third-order valence-electron chi connectivity index (χ3n) is 8.08. The molecular formula is C34H44F2N4O6. The van der Waals surface area contributed by atoms with Gasteiger partial charge in [0.2, 0.25) is 0 Å². The van der Waals surface area contributed by atoms with Crippen LogP contribution in [0.15, 0.2) is 54.7 Å². The summed E-state index contributed by atoms with van der Waals surface area (Å²) in [6, 6.07) is 11.5. The van der Waals surface area contributed by atoms with E-state index in [0.29, 0.717) is 5.82 Å². The van der Waals surface area contributed by atoms with Crippen molar-refractivity contribution in [3.8, 4) is 11.3 Å². The first kappa shape index (κ1) is 35.0. The predicted octanol–water partition coefficient (Wildman–Crippen LogP) is 4.78. The van der Waals surface area contributed by atoms with Crippen LogP contribution in [0.3, 0.4) is 0 Å². The molecular weight excluding hydrogens is 598 g/mol. The van der Waals surface area contributed by atoms with Gasteiger partial charge in [-0.3, -0.25) is 4.79 Å². The first-order chi connectivity index (χ1) is 21.5. The molecule has 0 radical (unpaired) electrons. The molecule has 2 unspecified atom stereocenters. The molecule has 2 N–H and O–H groups in total. The van der Waals surface area contributed by atoms with Gasteiger partial charge in [-0.2, -0.15) is 0 Å². The number of aromatic nitrogens is 2. The number of aliphatic hydroxyl groups excluding tert-OH is 2. The summed E-state index contributed by atoms with van der Waals surface area (Å²) in [6.07, 6.45) is -1.42. The molecule has 4 rings (SSSR count). The Hall–Kier alpha value is -3.87. The molecule has 12 heteroatoms. The quantitative estimate of drug-likeness (QED) is 0.327. The Labute approximate surface area is 268 Å². The number of halogens is 2. The van der Waals surface area contributed by atoms with Gasteiger partial charge in [-0.05, 0) is 65.3 Å². The topological polar surface area (TPSA) is 117 Å². The van der Waals surface area contributed by atoms with Crippen LogP contribution in [0.2, 0.25) is 0 Å². The molecule has 10 nitrogen and oxygen atoms in total. The standard InChI is InChI=1S/C34H44F2N4O6/c1-21(41)31(43)40(18-23-17-39(20-28(23)42)32(44)46-33(2,3)4)29(34(5,6)45-7)30-37-27(25-15-24(35)13-14-26(25)36)19-38(30)16-22-11-9-8-10-12-22/h8-15,19,21,23,28-29,41-42H,16-18,20H2,1-7H3/t21-,23?,28?,29-/m0/s1. The van der Waals surface area contributed by atoms with Gasteiger partial charge < -0.3 is 34.1 Å². The highest BCUT2D eigenvalue weighted by atomic mass is 19.1. The van der Waals surface area contributed by atoms with Gasteiger partial charge in [0.05, 0.1) is 23.9 Å². The number of imidazole rings is 1. The van der Waals surface area contributed by atoms with Crippen molar-refractivity contribution in [3.05, 3.63) is 77.8 Å². The van der Waals surface area contributed by atoms with Crippen LogP contribution in [0.25, 0.3) is 11.3 Å². The lowest BCUT2D eigenvalue weighted by atomic mass is 9.93. The van der Waals surface area contributed by atoms with E-state index in [1.54, 1.807) is 45.4 Å². The highest BCUT2D eigenvalue weighted by molar-refractivity contribution is 5.81. The molecule has 2 amide bonds. The van der Waals surface area contributed by atoms with Crippen molar-refractivity contribution in [2.45, 2.75) is 77.5 Å².